The molecular weight excluding hydrogens is 376 g/mol. The van der Waals surface area contributed by atoms with Gasteiger partial charge in [-0.05, 0) is 29.3 Å². The van der Waals surface area contributed by atoms with E-state index in [0.29, 0.717) is 24.5 Å². The average molecular weight is 402 g/mol. The lowest BCUT2D eigenvalue weighted by Gasteiger charge is -2.23. The molecule has 0 unspecified atom stereocenters. The molecule has 154 valence electrons. The van der Waals surface area contributed by atoms with E-state index < -0.39 is 5.91 Å². The predicted octanol–water partition coefficient (Wildman–Crippen LogP) is 3.83. The largest absolute Gasteiger partial charge is 0.493 e. The van der Waals surface area contributed by atoms with Gasteiger partial charge in [-0.2, -0.15) is 0 Å². The van der Waals surface area contributed by atoms with Crippen LogP contribution < -0.4 is 10.5 Å². The van der Waals surface area contributed by atoms with Gasteiger partial charge in [0.15, 0.2) is 0 Å². The van der Waals surface area contributed by atoms with Crippen LogP contribution in [0.5, 0.6) is 5.75 Å². The number of amides is 2. The Balaban J connectivity index is 1.67. The van der Waals surface area contributed by atoms with Crippen molar-refractivity contribution in [3.63, 3.8) is 0 Å². The molecule has 0 saturated carbocycles. The molecule has 0 atom stereocenters. The zero-order valence-corrected chi connectivity index (χ0v) is 16.9. The Labute approximate surface area is 177 Å². The Morgan fingerprint density at radius 2 is 1.50 bits per heavy atom. The van der Waals surface area contributed by atoms with Gasteiger partial charge in [0.05, 0.1) is 6.61 Å². The van der Waals surface area contributed by atoms with Crippen LogP contribution in [0.2, 0.25) is 0 Å². The van der Waals surface area contributed by atoms with Crippen LogP contribution in [-0.4, -0.2) is 29.9 Å². The molecule has 30 heavy (non-hydrogen) atoms. The molecule has 0 aliphatic heterocycles. The number of carbonyl (C=O) groups excluding carboxylic acids is 2. The molecule has 2 amide bonds. The van der Waals surface area contributed by atoms with Crippen LogP contribution >= 0.6 is 0 Å². The minimum Gasteiger partial charge on any atom is -0.493 e. The first kappa shape index (κ1) is 21.1. The van der Waals surface area contributed by atoms with Crippen molar-refractivity contribution in [1.29, 1.82) is 0 Å². The first-order valence-corrected chi connectivity index (χ1v) is 10.00. The third kappa shape index (κ3) is 6.48. The molecular formula is C25H26N2O3. The Morgan fingerprint density at radius 3 is 2.17 bits per heavy atom. The molecule has 3 rings (SSSR count). The number of nitrogens with two attached hydrogens (primary N) is 1. The second-order valence-electron chi connectivity index (χ2n) is 7.04. The zero-order chi connectivity index (χ0) is 21.2. The van der Waals surface area contributed by atoms with E-state index in [2.05, 4.69) is 12.1 Å². The lowest BCUT2D eigenvalue weighted by Crippen LogP contribution is -2.33. The highest BCUT2D eigenvalue weighted by atomic mass is 16.5. The van der Waals surface area contributed by atoms with Crippen molar-refractivity contribution in [2.75, 3.05) is 13.2 Å². The Morgan fingerprint density at radius 1 is 0.833 bits per heavy atom. The first-order valence-electron chi connectivity index (χ1n) is 10.00. The number of primary amides is 1. The molecule has 0 bridgehead atoms. The highest BCUT2D eigenvalue weighted by Gasteiger charge is 2.17. The van der Waals surface area contributed by atoms with Crippen molar-refractivity contribution in [3.05, 3.63) is 102 Å². The summed E-state index contributed by atoms with van der Waals surface area (Å²) in [6.07, 6.45) is 0.906. The van der Waals surface area contributed by atoms with Gasteiger partial charge in [-0.25, -0.2) is 0 Å². The number of rotatable bonds is 10. The lowest BCUT2D eigenvalue weighted by molar-refractivity contribution is -0.118. The molecule has 3 aromatic carbocycles. The molecule has 2 N–H and O–H groups in total. The minimum atomic E-state index is -0.432. The van der Waals surface area contributed by atoms with Gasteiger partial charge in [0.25, 0.3) is 5.91 Å². The molecule has 5 heteroatoms. The molecule has 0 heterocycles. The SMILES string of the molecule is NC(=O)CCN(Cc1ccccc1)C(=O)c1cccc(OCCc2ccccc2)c1. The highest BCUT2D eigenvalue weighted by Crippen LogP contribution is 2.17. The molecule has 0 fully saturated rings. The van der Waals surface area contributed by atoms with Gasteiger partial charge in [-0.15, -0.1) is 0 Å². The summed E-state index contributed by atoms with van der Waals surface area (Å²) in [6, 6.07) is 26.9. The smallest absolute Gasteiger partial charge is 0.254 e. The second kappa shape index (κ2) is 10.8. The topological polar surface area (TPSA) is 72.6 Å². The van der Waals surface area contributed by atoms with Crippen molar-refractivity contribution in [2.45, 2.75) is 19.4 Å². The Hall–Kier alpha value is -3.60. The molecule has 0 saturated heterocycles. The van der Waals surface area contributed by atoms with Crippen LogP contribution in [0.1, 0.15) is 27.9 Å². The van der Waals surface area contributed by atoms with Crippen LogP contribution in [0.3, 0.4) is 0 Å². The van der Waals surface area contributed by atoms with E-state index in [0.717, 1.165) is 12.0 Å². The molecule has 0 aliphatic carbocycles. The van der Waals surface area contributed by atoms with Crippen molar-refractivity contribution in [2.24, 2.45) is 5.73 Å². The van der Waals surface area contributed by atoms with Crippen molar-refractivity contribution >= 4 is 11.8 Å². The fourth-order valence-electron chi connectivity index (χ4n) is 3.13. The standard InChI is InChI=1S/C25H26N2O3/c26-24(28)14-16-27(19-21-10-5-2-6-11-21)25(29)22-12-7-13-23(18-22)30-17-15-20-8-3-1-4-9-20/h1-13,18H,14-17,19H2,(H2,26,28). The van der Waals surface area contributed by atoms with E-state index in [9.17, 15) is 9.59 Å². The Bertz CT molecular complexity index is 958. The van der Waals surface area contributed by atoms with Crippen LogP contribution in [-0.2, 0) is 17.8 Å². The number of carbonyl (C=O) groups is 2. The normalized spacial score (nSPS) is 10.4. The van der Waals surface area contributed by atoms with Gasteiger partial charge in [-0.3, -0.25) is 9.59 Å². The summed E-state index contributed by atoms with van der Waals surface area (Å²) in [5.74, 6) is 0.0545. The predicted molar refractivity (Wildman–Crippen MR) is 117 cm³/mol. The third-order valence-corrected chi connectivity index (χ3v) is 4.71. The molecule has 0 aromatic heterocycles. The quantitative estimate of drug-likeness (QED) is 0.560. The van der Waals surface area contributed by atoms with E-state index in [1.165, 1.54) is 5.56 Å². The molecule has 0 radical (unpaired) electrons. The van der Waals surface area contributed by atoms with Gasteiger partial charge >= 0.3 is 0 Å². The van der Waals surface area contributed by atoms with Crippen LogP contribution in [0.4, 0.5) is 0 Å². The first-order chi connectivity index (χ1) is 14.6. The van der Waals surface area contributed by atoms with Crippen molar-refractivity contribution in [3.8, 4) is 5.75 Å². The third-order valence-electron chi connectivity index (χ3n) is 4.71. The summed E-state index contributed by atoms with van der Waals surface area (Å²) in [7, 11) is 0. The summed E-state index contributed by atoms with van der Waals surface area (Å²) in [5.41, 5.74) is 8.01. The monoisotopic (exact) mass is 402 g/mol. The fraction of sp³-hybridized carbons (Fsp3) is 0.200. The van der Waals surface area contributed by atoms with Crippen LogP contribution in [0.15, 0.2) is 84.9 Å². The summed E-state index contributed by atoms with van der Waals surface area (Å²) < 4.78 is 5.85. The Kier molecular flexibility index (Phi) is 7.61. The number of hydrogen-bond donors (Lipinski definition) is 1. The van der Waals surface area contributed by atoms with Gasteiger partial charge in [0.2, 0.25) is 5.91 Å². The maximum absolute atomic E-state index is 13.1. The van der Waals surface area contributed by atoms with E-state index in [1.807, 2.05) is 54.6 Å². The number of benzene rings is 3. The molecule has 0 spiro atoms. The van der Waals surface area contributed by atoms with E-state index in [-0.39, 0.29) is 18.9 Å². The summed E-state index contributed by atoms with van der Waals surface area (Å²) in [4.78, 5) is 26.0. The number of ether oxygens (including phenoxy) is 1. The zero-order valence-electron chi connectivity index (χ0n) is 16.9. The summed E-state index contributed by atoms with van der Waals surface area (Å²) >= 11 is 0. The summed E-state index contributed by atoms with van der Waals surface area (Å²) in [6.45, 7) is 1.20. The summed E-state index contributed by atoms with van der Waals surface area (Å²) in [5, 5.41) is 0. The van der Waals surface area contributed by atoms with Crippen LogP contribution in [0.25, 0.3) is 0 Å². The van der Waals surface area contributed by atoms with Crippen molar-refractivity contribution in [1.82, 2.24) is 4.90 Å². The molecule has 0 aliphatic rings. The van der Waals surface area contributed by atoms with Crippen LogP contribution in [0, 0.1) is 0 Å². The average Bonchev–Trinajstić information content (AvgIpc) is 2.78. The van der Waals surface area contributed by atoms with Gasteiger partial charge < -0.3 is 15.4 Å². The fourth-order valence-corrected chi connectivity index (χ4v) is 3.13. The molecule has 5 nitrogen and oxygen atoms in total. The van der Waals surface area contributed by atoms with E-state index in [4.69, 9.17) is 10.5 Å². The maximum atomic E-state index is 13.1. The van der Waals surface area contributed by atoms with E-state index in [1.54, 1.807) is 23.1 Å². The molecule has 3 aromatic rings. The van der Waals surface area contributed by atoms with Gasteiger partial charge in [0.1, 0.15) is 5.75 Å². The highest BCUT2D eigenvalue weighted by molar-refractivity contribution is 5.94. The number of nitrogens with zero attached hydrogens (tertiary/aromatic N) is 1. The van der Waals surface area contributed by atoms with E-state index >= 15 is 0 Å². The van der Waals surface area contributed by atoms with Crippen molar-refractivity contribution < 1.29 is 14.3 Å². The second-order valence-corrected chi connectivity index (χ2v) is 7.04. The maximum Gasteiger partial charge on any atom is 0.254 e. The van der Waals surface area contributed by atoms with Gasteiger partial charge in [0, 0.05) is 31.5 Å². The lowest BCUT2D eigenvalue weighted by atomic mass is 10.1. The van der Waals surface area contributed by atoms with Gasteiger partial charge in [-0.1, -0.05) is 66.7 Å². The minimum absolute atomic E-state index is 0.117. The number of hydrogen-bond acceptors (Lipinski definition) is 3.